The van der Waals surface area contributed by atoms with E-state index in [2.05, 4.69) is 17.6 Å². The first kappa shape index (κ1) is 28.5. The molecule has 0 aliphatic carbocycles. The Morgan fingerprint density at radius 2 is 1.97 bits per heavy atom. The average Bonchev–Trinajstić information content (AvgIpc) is 3.46. The highest BCUT2D eigenvalue weighted by molar-refractivity contribution is 5.89. The molecule has 2 aliphatic heterocycles. The second-order valence-electron chi connectivity index (χ2n) is 10.2. The number of ether oxygens (including phenoxy) is 1. The van der Waals surface area contributed by atoms with Gasteiger partial charge >= 0.3 is 0 Å². The van der Waals surface area contributed by atoms with E-state index in [9.17, 15) is 23.5 Å². The Kier molecular flexibility index (Phi) is 10.6. The molecule has 3 rings (SSSR count). The molecule has 1 aromatic carbocycles. The van der Waals surface area contributed by atoms with Crippen molar-refractivity contribution in [1.29, 1.82) is 0 Å². The molecule has 2 aliphatic rings. The lowest BCUT2D eigenvalue weighted by Crippen LogP contribution is -2.56. The van der Waals surface area contributed by atoms with E-state index in [1.165, 1.54) is 12.1 Å². The highest BCUT2D eigenvalue weighted by Crippen LogP contribution is 2.25. The van der Waals surface area contributed by atoms with E-state index in [0.29, 0.717) is 31.7 Å². The Balaban J connectivity index is 1.71. The number of amides is 2. The molecule has 2 fully saturated rings. The number of rotatable bonds is 13. The first-order valence-corrected chi connectivity index (χ1v) is 13.3. The molecule has 202 valence electrons. The van der Waals surface area contributed by atoms with Crippen molar-refractivity contribution in [2.24, 2.45) is 5.92 Å². The number of aliphatic hydroxyl groups is 1. The lowest BCUT2D eigenvalue weighted by atomic mass is 9.94. The largest absolute Gasteiger partial charge is 0.389 e. The molecule has 0 aromatic heterocycles. The van der Waals surface area contributed by atoms with Crippen molar-refractivity contribution in [2.75, 3.05) is 19.7 Å². The Morgan fingerprint density at radius 3 is 2.64 bits per heavy atom. The van der Waals surface area contributed by atoms with Gasteiger partial charge in [-0.05, 0) is 56.7 Å². The van der Waals surface area contributed by atoms with E-state index >= 15 is 0 Å². The molecule has 9 heteroatoms. The zero-order chi connectivity index (χ0) is 26.2. The van der Waals surface area contributed by atoms with Gasteiger partial charge in [-0.2, -0.15) is 0 Å². The monoisotopic (exact) mass is 509 g/mol. The number of halogens is 2. The Bertz CT molecular complexity index is 866. The third kappa shape index (κ3) is 7.46. The van der Waals surface area contributed by atoms with Crippen molar-refractivity contribution in [3.63, 3.8) is 0 Å². The summed E-state index contributed by atoms with van der Waals surface area (Å²) in [4.78, 5) is 27.7. The van der Waals surface area contributed by atoms with E-state index in [0.717, 1.165) is 38.2 Å². The van der Waals surface area contributed by atoms with Gasteiger partial charge in [0.1, 0.15) is 17.7 Å². The minimum absolute atomic E-state index is 0.0104. The number of carbonyl (C=O) groups excluding carboxylic acids is 2. The number of nitrogens with one attached hydrogen (secondary N) is 2. The van der Waals surface area contributed by atoms with Gasteiger partial charge in [0.25, 0.3) is 0 Å². The Morgan fingerprint density at radius 1 is 1.25 bits per heavy atom. The van der Waals surface area contributed by atoms with Crippen LogP contribution < -0.4 is 10.6 Å². The number of carbonyl (C=O) groups is 2. The van der Waals surface area contributed by atoms with E-state index in [-0.39, 0.29) is 30.4 Å². The standard InChI is InChI=1S/C27H41F2N3O4/c1-4-6-7-19-8-9-32(27(19)35)17(3)26(34)31-24(13-18-11-20(28)14-21(29)12-18)25(33)23-15-22(16-30-23)36-10-5-2/h11-12,14,17,19,22-25,30,33H,4-10,13,15-16H2,1-3H3,(H,31,34)/t17-,19-,22+,23+,24?,25+/m0/s1. The summed E-state index contributed by atoms with van der Waals surface area (Å²) in [6.07, 6.45) is 3.96. The van der Waals surface area contributed by atoms with Gasteiger partial charge in [0, 0.05) is 37.7 Å². The number of hydrogen-bond donors (Lipinski definition) is 3. The summed E-state index contributed by atoms with van der Waals surface area (Å²) in [6, 6.07) is 1.33. The van der Waals surface area contributed by atoms with Crippen LogP contribution in [0.25, 0.3) is 0 Å². The van der Waals surface area contributed by atoms with Crippen LogP contribution in [0.1, 0.15) is 64.9 Å². The Hall–Kier alpha value is -2.10. The Labute approximate surface area is 213 Å². The summed E-state index contributed by atoms with van der Waals surface area (Å²) in [6.45, 7) is 7.51. The summed E-state index contributed by atoms with van der Waals surface area (Å²) in [5, 5.41) is 17.4. The molecule has 2 saturated heterocycles. The molecule has 1 unspecified atom stereocenters. The van der Waals surface area contributed by atoms with Gasteiger partial charge in [-0.3, -0.25) is 9.59 Å². The minimum Gasteiger partial charge on any atom is -0.389 e. The van der Waals surface area contributed by atoms with Crippen LogP contribution in [-0.2, 0) is 20.7 Å². The zero-order valence-corrected chi connectivity index (χ0v) is 21.6. The maximum Gasteiger partial charge on any atom is 0.242 e. The summed E-state index contributed by atoms with van der Waals surface area (Å²) < 4.78 is 33.5. The van der Waals surface area contributed by atoms with Gasteiger partial charge in [-0.1, -0.05) is 26.7 Å². The van der Waals surface area contributed by atoms with E-state index in [4.69, 9.17) is 4.74 Å². The highest BCUT2D eigenvalue weighted by atomic mass is 19.1. The highest BCUT2D eigenvalue weighted by Gasteiger charge is 2.39. The molecule has 0 saturated carbocycles. The van der Waals surface area contributed by atoms with Crippen LogP contribution in [0.3, 0.4) is 0 Å². The molecule has 0 radical (unpaired) electrons. The fourth-order valence-corrected chi connectivity index (χ4v) is 5.24. The number of likely N-dealkylation sites (tertiary alicyclic amines) is 1. The quantitative estimate of drug-likeness (QED) is 0.380. The van der Waals surface area contributed by atoms with Crippen molar-refractivity contribution in [3.05, 3.63) is 35.4 Å². The molecule has 2 amide bonds. The second-order valence-corrected chi connectivity index (χ2v) is 10.2. The van der Waals surface area contributed by atoms with Crippen LogP contribution in [0.2, 0.25) is 0 Å². The molecular weight excluding hydrogens is 468 g/mol. The predicted molar refractivity (Wildman–Crippen MR) is 133 cm³/mol. The van der Waals surface area contributed by atoms with Gasteiger partial charge in [0.15, 0.2) is 0 Å². The van der Waals surface area contributed by atoms with Crippen LogP contribution in [0, 0.1) is 17.6 Å². The molecule has 0 spiro atoms. The third-order valence-electron chi connectivity index (χ3n) is 7.32. The maximum absolute atomic E-state index is 13.9. The maximum atomic E-state index is 13.9. The van der Waals surface area contributed by atoms with Gasteiger partial charge in [0.2, 0.25) is 11.8 Å². The van der Waals surface area contributed by atoms with Gasteiger partial charge in [-0.15, -0.1) is 0 Å². The topological polar surface area (TPSA) is 90.9 Å². The molecule has 36 heavy (non-hydrogen) atoms. The molecule has 3 N–H and O–H groups in total. The lowest BCUT2D eigenvalue weighted by molar-refractivity contribution is -0.139. The smallest absolute Gasteiger partial charge is 0.242 e. The fourth-order valence-electron chi connectivity index (χ4n) is 5.24. The van der Waals surface area contributed by atoms with Crippen LogP contribution >= 0.6 is 0 Å². The number of nitrogens with zero attached hydrogens (tertiary/aromatic N) is 1. The SMILES string of the molecule is CCCC[C@H]1CCN([C@@H](C)C(=O)NC(Cc2cc(F)cc(F)c2)[C@H](O)[C@H]2C[C@@H](OCCC)CN2)C1=O. The first-order chi connectivity index (χ1) is 17.2. The van der Waals surface area contributed by atoms with E-state index < -0.39 is 35.7 Å². The number of hydrogen-bond acceptors (Lipinski definition) is 5. The minimum atomic E-state index is -1.02. The summed E-state index contributed by atoms with van der Waals surface area (Å²) in [7, 11) is 0. The summed E-state index contributed by atoms with van der Waals surface area (Å²) in [5.74, 6) is -1.89. The molecule has 6 atom stereocenters. The third-order valence-corrected chi connectivity index (χ3v) is 7.32. The fraction of sp³-hybridized carbons (Fsp3) is 0.704. The van der Waals surface area contributed by atoms with Crippen LogP contribution in [-0.4, -0.2) is 71.9 Å². The first-order valence-electron chi connectivity index (χ1n) is 13.3. The van der Waals surface area contributed by atoms with Gasteiger partial charge in [-0.25, -0.2) is 8.78 Å². The van der Waals surface area contributed by atoms with Crippen molar-refractivity contribution < 1.29 is 28.2 Å². The van der Waals surface area contributed by atoms with Crippen LogP contribution in [0.4, 0.5) is 8.78 Å². The molecule has 1 aromatic rings. The number of benzene rings is 1. The second kappa shape index (κ2) is 13.4. The molecule has 0 bridgehead atoms. The van der Waals surface area contributed by atoms with Crippen LogP contribution in [0.15, 0.2) is 18.2 Å². The normalized spacial score (nSPS) is 24.7. The van der Waals surface area contributed by atoms with Crippen molar-refractivity contribution in [3.8, 4) is 0 Å². The average molecular weight is 510 g/mol. The summed E-state index contributed by atoms with van der Waals surface area (Å²) >= 11 is 0. The zero-order valence-electron chi connectivity index (χ0n) is 21.6. The van der Waals surface area contributed by atoms with E-state index in [1.54, 1.807) is 11.8 Å². The molecule has 7 nitrogen and oxygen atoms in total. The van der Waals surface area contributed by atoms with Crippen molar-refractivity contribution in [2.45, 2.75) is 96.1 Å². The predicted octanol–water partition coefficient (Wildman–Crippen LogP) is 2.94. The van der Waals surface area contributed by atoms with Crippen molar-refractivity contribution in [1.82, 2.24) is 15.5 Å². The van der Waals surface area contributed by atoms with E-state index in [1.807, 2.05) is 6.92 Å². The number of aliphatic hydroxyl groups excluding tert-OH is 1. The van der Waals surface area contributed by atoms with Crippen molar-refractivity contribution >= 4 is 11.8 Å². The van der Waals surface area contributed by atoms with Gasteiger partial charge in [0.05, 0.1) is 18.2 Å². The summed E-state index contributed by atoms with van der Waals surface area (Å²) in [5.41, 5.74) is 0.332. The van der Waals surface area contributed by atoms with Crippen LogP contribution in [0.5, 0.6) is 0 Å². The molecule has 2 heterocycles. The lowest BCUT2D eigenvalue weighted by Gasteiger charge is -2.31. The molecular formula is C27H41F2N3O4. The number of unbranched alkanes of at least 4 members (excludes halogenated alkanes) is 1. The van der Waals surface area contributed by atoms with Gasteiger partial charge < -0.3 is 25.4 Å².